The van der Waals surface area contributed by atoms with Gasteiger partial charge >= 0.3 is 5.97 Å². The van der Waals surface area contributed by atoms with Gasteiger partial charge in [0.05, 0.1) is 19.1 Å². The van der Waals surface area contributed by atoms with Crippen molar-refractivity contribution >= 4 is 17.6 Å². The molecule has 0 aromatic heterocycles. The van der Waals surface area contributed by atoms with Gasteiger partial charge in [-0.1, -0.05) is 18.2 Å². The summed E-state index contributed by atoms with van der Waals surface area (Å²) in [7, 11) is 1.57. The number of nitrogens with one attached hydrogen (secondary N) is 5. The topological polar surface area (TPSA) is 124 Å². The number of carboxylic acids is 1. The molecule has 0 aliphatic carbocycles. The van der Waals surface area contributed by atoms with Crippen molar-refractivity contribution in [2.45, 2.75) is 12.6 Å². The minimum absolute atomic E-state index is 0.0348. The first-order valence-corrected chi connectivity index (χ1v) is 7.88. The summed E-state index contributed by atoms with van der Waals surface area (Å²) in [5, 5.41) is 12.0. The van der Waals surface area contributed by atoms with Gasteiger partial charge in [0.2, 0.25) is 5.91 Å². The van der Waals surface area contributed by atoms with Crippen molar-refractivity contribution in [3.63, 3.8) is 0 Å². The fourth-order valence-electron chi connectivity index (χ4n) is 2.71. The van der Waals surface area contributed by atoms with Gasteiger partial charge in [-0.05, 0) is 29.8 Å². The molecule has 3 rings (SSSR count). The summed E-state index contributed by atoms with van der Waals surface area (Å²) in [6.07, 6.45) is -0.290. The molecule has 1 aliphatic heterocycles. The number of anilines is 1. The van der Waals surface area contributed by atoms with E-state index in [1.54, 1.807) is 43.5 Å². The van der Waals surface area contributed by atoms with Crippen LogP contribution in [0.15, 0.2) is 42.5 Å². The summed E-state index contributed by atoms with van der Waals surface area (Å²) in [6.45, 7) is 0. The van der Waals surface area contributed by atoms with Crippen molar-refractivity contribution in [1.29, 1.82) is 0 Å². The third-order valence-electron chi connectivity index (χ3n) is 3.92. The van der Waals surface area contributed by atoms with Gasteiger partial charge in [0.25, 0.3) is 0 Å². The Morgan fingerprint density at radius 2 is 1.88 bits per heavy atom. The van der Waals surface area contributed by atoms with Crippen molar-refractivity contribution in [1.82, 2.24) is 21.9 Å². The van der Waals surface area contributed by atoms with Crippen LogP contribution < -0.4 is 32.0 Å². The van der Waals surface area contributed by atoms with E-state index in [0.717, 1.165) is 5.56 Å². The predicted molar refractivity (Wildman–Crippen MR) is 94.0 cm³/mol. The van der Waals surface area contributed by atoms with Crippen LogP contribution in [0.4, 0.5) is 5.69 Å². The Bertz CT molecular complexity index is 821. The maximum atomic E-state index is 12.4. The normalized spacial score (nSPS) is 14.2. The number of rotatable bonds is 6. The molecular weight excluding hydrogens is 338 g/mol. The number of hydrogen-bond donors (Lipinski definition) is 6. The van der Waals surface area contributed by atoms with Gasteiger partial charge in [-0.25, -0.2) is 15.6 Å². The zero-order valence-corrected chi connectivity index (χ0v) is 14.0. The van der Waals surface area contributed by atoms with Gasteiger partial charge in [-0.2, -0.15) is 11.1 Å². The lowest BCUT2D eigenvalue weighted by atomic mass is 10.0. The van der Waals surface area contributed by atoms with E-state index in [0.29, 0.717) is 17.0 Å². The summed E-state index contributed by atoms with van der Waals surface area (Å²) in [5.74, 6) is -0.716. The van der Waals surface area contributed by atoms with Crippen LogP contribution in [0.3, 0.4) is 0 Å². The molecule has 0 radical (unpaired) electrons. The predicted octanol–water partition coefficient (Wildman–Crippen LogP) is 0.690. The minimum atomic E-state index is -1.06. The second-order valence-corrected chi connectivity index (χ2v) is 5.62. The summed E-state index contributed by atoms with van der Waals surface area (Å²) in [5.41, 5.74) is 13.3. The molecule has 1 heterocycles. The maximum Gasteiger partial charge on any atom is 0.335 e. The van der Waals surface area contributed by atoms with Crippen LogP contribution in [0.5, 0.6) is 5.75 Å². The molecule has 0 saturated carbocycles. The van der Waals surface area contributed by atoms with Gasteiger partial charge in [0, 0.05) is 11.3 Å². The number of carboxylic acid groups (broad SMARTS) is 1. The first kappa shape index (κ1) is 17.8. The van der Waals surface area contributed by atoms with Crippen molar-refractivity contribution in [2.24, 2.45) is 0 Å². The number of methoxy groups -OCH3 is 1. The average molecular weight is 357 g/mol. The number of hydrogen-bond acceptors (Lipinski definition) is 7. The Balaban J connectivity index is 1.75. The fourth-order valence-corrected chi connectivity index (χ4v) is 2.71. The molecule has 26 heavy (non-hydrogen) atoms. The monoisotopic (exact) mass is 357 g/mol. The molecule has 2 aromatic rings. The van der Waals surface area contributed by atoms with E-state index in [-0.39, 0.29) is 24.1 Å². The van der Waals surface area contributed by atoms with Crippen molar-refractivity contribution in [3.8, 4) is 5.75 Å². The van der Waals surface area contributed by atoms with E-state index in [1.165, 1.54) is 6.07 Å². The minimum Gasteiger partial charge on any atom is -0.496 e. The third kappa shape index (κ3) is 3.98. The standard InChI is InChI=1S/C17H19N5O4/c1-26-14-7-6-11(9-13(14)16-19-21-22-20-16)18-15(23)8-10-4-2-3-5-12(10)17(24)25/h2-7,9,16,19-22H,8H2,1H3,(H,18,23)(H,24,25). The van der Waals surface area contributed by atoms with Crippen molar-refractivity contribution in [3.05, 3.63) is 59.2 Å². The first-order valence-electron chi connectivity index (χ1n) is 7.88. The number of carbonyl (C=O) groups is 2. The molecule has 1 saturated heterocycles. The van der Waals surface area contributed by atoms with Crippen LogP contribution in [0.25, 0.3) is 0 Å². The Labute approximate surface area is 149 Å². The third-order valence-corrected chi connectivity index (χ3v) is 3.92. The molecule has 9 heteroatoms. The lowest BCUT2D eigenvalue weighted by Crippen LogP contribution is -2.33. The SMILES string of the molecule is COc1ccc(NC(=O)Cc2ccccc2C(=O)O)cc1C1NNNN1. The summed E-state index contributed by atoms with van der Waals surface area (Å²) >= 11 is 0. The van der Waals surface area contributed by atoms with E-state index in [1.807, 2.05) is 0 Å². The van der Waals surface area contributed by atoms with E-state index in [2.05, 4.69) is 27.2 Å². The van der Waals surface area contributed by atoms with Gasteiger partial charge in [-0.3, -0.25) is 4.79 Å². The van der Waals surface area contributed by atoms with E-state index < -0.39 is 5.97 Å². The van der Waals surface area contributed by atoms with Gasteiger partial charge in [0.1, 0.15) is 11.9 Å². The molecule has 6 N–H and O–H groups in total. The van der Waals surface area contributed by atoms with Gasteiger partial charge in [0.15, 0.2) is 0 Å². The number of carbonyl (C=O) groups excluding carboxylic acids is 1. The highest BCUT2D eigenvalue weighted by Gasteiger charge is 2.20. The molecule has 0 bridgehead atoms. The van der Waals surface area contributed by atoms with Crippen LogP contribution in [-0.4, -0.2) is 24.1 Å². The Morgan fingerprint density at radius 1 is 1.15 bits per heavy atom. The van der Waals surface area contributed by atoms with E-state index >= 15 is 0 Å². The lowest BCUT2D eigenvalue weighted by molar-refractivity contribution is -0.115. The van der Waals surface area contributed by atoms with Crippen LogP contribution >= 0.6 is 0 Å². The van der Waals surface area contributed by atoms with Crippen molar-refractivity contribution in [2.75, 3.05) is 12.4 Å². The largest absolute Gasteiger partial charge is 0.496 e. The summed E-state index contributed by atoms with van der Waals surface area (Å²) < 4.78 is 5.34. The zero-order chi connectivity index (χ0) is 18.5. The highest BCUT2D eigenvalue weighted by atomic mass is 16.5. The number of aromatic carboxylic acids is 1. The molecule has 1 fully saturated rings. The van der Waals surface area contributed by atoms with Gasteiger partial charge in [-0.15, -0.1) is 0 Å². The second-order valence-electron chi connectivity index (χ2n) is 5.62. The molecule has 1 aliphatic rings. The number of benzene rings is 2. The number of amides is 1. The summed E-state index contributed by atoms with van der Waals surface area (Å²) in [4.78, 5) is 23.6. The van der Waals surface area contributed by atoms with E-state index in [9.17, 15) is 14.7 Å². The molecule has 136 valence electrons. The molecule has 2 aromatic carbocycles. The van der Waals surface area contributed by atoms with E-state index in [4.69, 9.17) is 4.74 Å². The smallest absolute Gasteiger partial charge is 0.335 e. The Hall–Kier alpha value is -2.98. The fraction of sp³-hybridized carbons (Fsp3) is 0.176. The molecule has 1 amide bonds. The summed E-state index contributed by atoms with van der Waals surface area (Å²) in [6, 6.07) is 11.7. The highest BCUT2D eigenvalue weighted by molar-refractivity contribution is 5.96. The molecule has 0 unspecified atom stereocenters. The zero-order valence-electron chi connectivity index (χ0n) is 14.0. The van der Waals surface area contributed by atoms with Crippen molar-refractivity contribution < 1.29 is 19.4 Å². The Morgan fingerprint density at radius 3 is 2.58 bits per heavy atom. The average Bonchev–Trinajstić information content (AvgIpc) is 3.16. The molecule has 0 spiro atoms. The van der Waals surface area contributed by atoms with Gasteiger partial charge < -0.3 is 15.2 Å². The lowest BCUT2D eigenvalue weighted by Gasteiger charge is -2.16. The van der Waals surface area contributed by atoms with Crippen LogP contribution in [-0.2, 0) is 11.2 Å². The molecule has 0 atom stereocenters. The Kier molecular flexibility index (Phi) is 5.44. The molecular formula is C17H19N5O4. The van der Waals surface area contributed by atoms with Crippen LogP contribution in [0, 0.1) is 0 Å². The number of ether oxygens (including phenoxy) is 1. The van der Waals surface area contributed by atoms with Crippen LogP contribution in [0.1, 0.15) is 27.7 Å². The quantitative estimate of drug-likeness (QED) is 0.446. The number of hydrazine groups is 3. The molecule has 9 nitrogen and oxygen atoms in total. The maximum absolute atomic E-state index is 12.4. The second kappa shape index (κ2) is 7.93. The first-order chi connectivity index (χ1) is 12.6. The van der Waals surface area contributed by atoms with Crippen LogP contribution in [0.2, 0.25) is 0 Å². The highest BCUT2D eigenvalue weighted by Crippen LogP contribution is 2.27.